The number of carboxylic acid groups (broad SMARTS) is 1. The van der Waals surface area contributed by atoms with Gasteiger partial charge in [-0.25, -0.2) is 0 Å². The number of hydrogen-bond acceptors (Lipinski definition) is 3. The molecule has 0 bridgehead atoms. The Kier molecular flexibility index (Phi) is 3.57. The summed E-state index contributed by atoms with van der Waals surface area (Å²) in [6.07, 6.45) is 0.686. The van der Waals surface area contributed by atoms with Gasteiger partial charge in [-0.15, -0.1) is 0 Å². The van der Waals surface area contributed by atoms with E-state index in [4.69, 9.17) is 9.84 Å². The van der Waals surface area contributed by atoms with E-state index >= 15 is 0 Å². The summed E-state index contributed by atoms with van der Waals surface area (Å²) in [5, 5.41) is 9.00. The fourth-order valence-electron chi connectivity index (χ4n) is 3.03. The fourth-order valence-corrected chi connectivity index (χ4v) is 3.03. The monoisotopic (exact) mass is 289 g/mol. The Morgan fingerprint density at radius 3 is 2.76 bits per heavy atom. The van der Waals surface area contributed by atoms with E-state index in [1.165, 1.54) is 0 Å². The summed E-state index contributed by atoms with van der Waals surface area (Å²) in [5.41, 5.74) is 0.948. The van der Waals surface area contributed by atoms with Gasteiger partial charge in [-0.1, -0.05) is 25.1 Å². The lowest BCUT2D eigenvalue weighted by atomic mass is 9.84. The van der Waals surface area contributed by atoms with E-state index in [0.29, 0.717) is 26.1 Å². The van der Waals surface area contributed by atoms with Crippen molar-refractivity contribution < 1.29 is 19.4 Å². The predicted molar refractivity (Wildman–Crippen MR) is 76.2 cm³/mol. The summed E-state index contributed by atoms with van der Waals surface area (Å²) in [5.74, 6) is -0.380. The van der Waals surface area contributed by atoms with Crippen LogP contribution in [0.25, 0.3) is 0 Å². The van der Waals surface area contributed by atoms with Crippen molar-refractivity contribution in [3.63, 3.8) is 0 Å². The second kappa shape index (κ2) is 5.39. The lowest BCUT2D eigenvalue weighted by Gasteiger charge is -2.43. The number of hydrogen-bond donors (Lipinski definition) is 1. The summed E-state index contributed by atoms with van der Waals surface area (Å²) >= 11 is 0. The van der Waals surface area contributed by atoms with E-state index in [2.05, 4.69) is 0 Å². The minimum atomic E-state index is -0.788. The van der Waals surface area contributed by atoms with E-state index in [9.17, 15) is 9.59 Å². The molecule has 5 nitrogen and oxygen atoms in total. The first-order valence-electron chi connectivity index (χ1n) is 7.31. The standard InChI is InChI=1S/C16H19NO4/c1-10(16(19)20)11-8-17(9-11)15(18)13-6-7-21-14-5-3-2-4-12(13)14/h2-5,10-11,13H,6-9H2,1H3,(H,19,20). The molecule has 0 saturated carbocycles. The van der Waals surface area contributed by atoms with Gasteiger partial charge in [0.2, 0.25) is 5.91 Å². The molecule has 1 saturated heterocycles. The highest BCUT2D eigenvalue weighted by molar-refractivity contribution is 5.85. The second-order valence-corrected chi connectivity index (χ2v) is 5.86. The summed E-state index contributed by atoms with van der Waals surface area (Å²) in [6.45, 7) is 3.35. The predicted octanol–water partition coefficient (Wildman–Crippen LogP) is 1.73. The number of carboxylic acids is 1. The zero-order valence-corrected chi connectivity index (χ0v) is 12.0. The third-order valence-electron chi connectivity index (χ3n) is 4.57. The molecular weight excluding hydrogens is 270 g/mol. The first-order chi connectivity index (χ1) is 10.1. The van der Waals surface area contributed by atoms with Gasteiger partial charge >= 0.3 is 5.97 Å². The van der Waals surface area contributed by atoms with Gasteiger partial charge in [0.1, 0.15) is 5.75 Å². The van der Waals surface area contributed by atoms with Crippen LogP contribution in [0.4, 0.5) is 0 Å². The second-order valence-electron chi connectivity index (χ2n) is 5.86. The maximum atomic E-state index is 12.6. The van der Waals surface area contributed by atoms with Crippen LogP contribution >= 0.6 is 0 Å². The number of nitrogens with zero attached hydrogens (tertiary/aromatic N) is 1. The zero-order valence-electron chi connectivity index (χ0n) is 12.0. The molecular formula is C16H19NO4. The van der Waals surface area contributed by atoms with Crippen LogP contribution in [0, 0.1) is 11.8 Å². The van der Waals surface area contributed by atoms with Crippen molar-refractivity contribution in [2.24, 2.45) is 11.8 Å². The van der Waals surface area contributed by atoms with Crippen molar-refractivity contribution >= 4 is 11.9 Å². The highest BCUT2D eigenvalue weighted by Gasteiger charge is 2.40. The molecule has 1 aromatic carbocycles. The van der Waals surface area contributed by atoms with Crippen LogP contribution in [-0.2, 0) is 9.59 Å². The van der Waals surface area contributed by atoms with Gasteiger partial charge in [0, 0.05) is 24.6 Å². The number of fused-ring (bicyclic) bond motifs is 1. The van der Waals surface area contributed by atoms with Crippen LogP contribution in [0.1, 0.15) is 24.8 Å². The zero-order chi connectivity index (χ0) is 15.0. The van der Waals surface area contributed by atoms with Crippen LogP contribution in [0.15, 0.2) is 24.3 Å². The topological polar surface area (TPSA) is 66.8 Å². The SMILES string of the molecule is CC(C(=O)O)C1CN(C(=O)C2CCOc3ccccc32)C1. The maximum absolute atomic E-state index is 12.6. The van der Waals surface area contributed by atoms with Crippen molar-refractivity contribution in [2.75, 3.05) is 19.7 Å². The Hall–Kier alpha value is -2.04. The highest BCUT2D eigenvalue weighted by atomic mass is 16.5. The highest BCUT2D eigenvalue weighted by Crippen LogP contribution is 2.36. The number of aliphatic carboxylic acids is 1. The molecule has 1 aromatic rings. The van der Waals surface area contributed by atoms with Gasteiger partial charge in [-0.3, -0.25) is 9.59 Å². The molecule has 0 aliphatic carbocycles. The molecule has 112 valence electrons. The number of benzene rings is 1. The Morgan fingerprint density at radius 1 is 1.33 bits per heavy atom. The van der Waals surface area contributed by atoms with Crippen LogP contribution in [0.5, 0.6) is 5.75 Å². The van der Waals surface area contributed by atoms with Crippen molar-refractivity contribution in [1.29, 1.82) is 0 Å². The molecule has 2 aliphatic rings. The average molecular weight is 289 g/mol. The van der Waals surface area contributed by atoms with Crippen LogP contribution in [-0.4, -0.2) is 41.6 Å². The Balaban J connectivity index is 1.67. The van der Waals surface area contributed by atoms with E-state index in [1.54, 1.807) is 11.8 Å². The first kappa shape index (κ1) is 13.9. The van der Waals surface area contributed by atoms with E-state index in [-0.39, 0.29) is 17.7 Å². The number of carbonyl (C=O) groups excluding carboxylic acids is 1. The molecule has 1 amide bonds. The van der Waals surface area contributed by atoms with Gasteiger partial charge in [-0.2, -0.15) is 0 Å². The molecule has 2 atom stereocenters. The number of rotatable bonds is 3. The van der Waals surface area contributed by atoms with Gasteiger partial charge in [0.15, 0.2) is 0 Å². The van der Waals surface area contributed by atoms with E-state index in [0.717, 1.165) is 11.3 Å². The molecule has 1 N–H and O–H groups in total. The summed E-state index contributed by atoms with van der Waals surface area (Å²) in [6, 6.07) is 7.65. The van der Waals surface area contributed by atoms with E-state index < -0.39 is 11.9 Å². The molecule has 3 rings (SSSR count). The largest absolute Gasteiger partial charge is 0.493 e. The lowest BCUT2D eigenvalue weighted by molar-refractivity contribution is -0.151. The molecule has 1 fully saturated rings. The summed E-state index contributed by atoms with van der Waals surface area (Å²) < 4.78 is 5.58. The summed E-state index contributed by atoms with van der Waals surface area (Å²) in [4.78, 5) is 25.3. The van der Waals surface area contributed by atoms with Crippen molar-refractivity contribution in [1.82, 2.24) is 4.90 Å². The van der Waals surface area contributed by atoms with Gasteiger partial charge in [0.05, 0.1) is 18.4 Å². The van der Waals surface area contributed by atoms with Gasteiger partial charge < -0.3 is 14.7 Å². The van der Waals surface area contributed by atoms with Gasteiger partial charge in [0.25, 0.3) is 0 Å². The number of ether oxygens (including phenoxy) is 1. The smallest absolute Gasteiger partial charge is 0.306 e. The number of para-hydroxylation sites is 1. The van der Waals surface area contributed by atoms with Crippen molar-refractivity contribution in [3.8, 4) is 5.75 Å². The van der Waals surface area contributed by atoms with Crippen molar-refractivity contribution in [2.45, 2.75) is 19.3 Å². The lowest BCUT2D eigenvalue weighted by Crippen LogP contribution is -2.55. The Bertz CT molecular complexity index is 565. The van der Waals surface area contributed by atoms with Crippen molar-refractivity contribution in [3.05, 3.63) is 29.8 Å². The third-order valence-corrected chi connectivity index (χ3v) is 4.57. The van der Waals surface area contributed by atoms with Crippen LogP contribution < -0.4 is 4.74 Å². The normalized spacial score (nSPS) is 22.7. The molecule has 0 aromatic heterocycles. The average Bonchev–Trinajstić information content (AvgIpc) is 2.44. The van der Waals surface area contributed by atoms with E-state index in [1.807, 2.05) is 24.3 Å². The summed E-state index contributed by atoms with van der Waals surface area (Å²) in [7, 11) is 0. The van der Waals surface area contributed by atoms with Crippen LogP contribution in [0.2, 0.25) is 0 Å². The molecule has 0 spiro atoms. The third kappa shape index (κ3) is 2.48. The number of amides is 1. The molecule has 2 unspecified atom stereocenters. The van der Waals surface area contributed by atoms with Crippen LogP contribution in [0.3, 0.4) is 0 Å². The number of carbonyl (C=O) groups is 2. The minimum Gasteiger partial charge on any atom is -0.493 e. The Labute approximate surface area is 123 Å². The fraction of sp³-hybridized carbons (Fsp3) is 0.500. The van der Waals surface area contributed by atoms with Gasteiger partial charge in [-0.05, 0) is 12.5 Å². The minimum absolute atomic E-state index is 0.0709. The number of likely N-dealkylation sites (tertiary alicyclic amines) is 1. The molecule has 0 radical (unpaired) electrons. The Morgan fingerprint density at radius 2 is 2.05 bits per heavy atom. The molecule has 2 aliphatic heterocycles. The molecule has 5 heteroatoms. The molecule has 2 heterocycles. The quantitative estimate of drug-likeness (QED) is 0.920. The maximum Gasteiger partial charge on any atom is 0.306 e. The molecule has 21 heavy (non-hydrogen) atoms. The first-order valence-corrected chi connectivity index (χ1v) is 7.31.